The molecule has 0 bridgehead atoms. The molecule has 0 saturated carbocycles. The molecule has 0 amide bonds. The van der Waals surface area contributed by atoms with E-state index in [0.717, 1.165) is 9.50 Å². The van der Waals surface area contributed by atoms with Crippen LogP contribution in [0.3, 0.4) is 0 Å². The average molecular weight is 367 g/mol. The van der Waals surface area contributed by atoms with Crippen LogP contribution in [0.4, 0.5) is 0 Å². The Morgan fingerprint density at radius 3 is 2.80 bits per heavy atom. The van der Waals surface area contributed by atoms with E-state index < -0.39 is 0 Å². The molecule has 0 aliphatic carbocycles. The number of hydrogen-bond donors (Lipinski definition) is 1. The fourth-order valence-corrected chi connectivity index (χ4v) is 3.82. The highest BCUT2D eigenvalue weighted by Gasteiger charge is 2.16. The quantitative estimate of drug-likeness (QED) is 0.634. The molecule has 3 rings (SSSR count). The number of rotatable bonds is 3. The predicted molar refractivity (Wildman–Crippen MR) is 91.9 cm³/mol. The monoisotopic (exact) mass is 365 g/mol. The first-order valence-corrected chi connectivity index (χ1v) is 8.34. The maximum atomic E-state index is 6.23. The van der Waals surface area contributed by atoms with Gasteiger partial charge in [0.15, 0.2) is 0 Å². The lowest BCUT2D eigenvalue weighted by Gasteiger charge is -2.18. The summed E-state index contributed by atoms with van der Waals surface area (Å²) in [6, 6.07) is 14.8. The molecule has 102 valence electrons. The van der Waals surface area contributed by atoms with Crippen molar-refractivity contribution < 1.29 is 0 Å². The van der Waals surface area contributed by atoms with Gasteiger partial charge in [0, 0.05) is 9.17 Å². The zero-order valence-electron chi connectivity index (χ0n) is 10.9. The van der Waals surface area contributed by atoms with Crippen LogP contribution in [0.25, 0.3) is 10.1 Å². The van der Waals surface area contributed by atoms with Crippen molar-refractivity contribution in [3.8, 4) is 0 Å². The van der Waals surface area contributed by atoms with Gasteiger partial charge in [0.05, 0.1) is 11.1 Å². The third-order valence-corrected chi connectivity index (χ3v) is 5.60. The van der Waals surface area contributed by atoms with Gasteiger partial charge in [-0.2, -0.15) is 0 Å². The zero-order chi connectivity index (χ0) is 14.1. The molecule has 3 aromatic rings. The lowest BCUT2D eigenvalue weighted by atomic mass is 9.98. The van der Waals surface area contributed by atoms with Crippen LogP contribution in [0.5, 0.6) is 0 Å². The molecule has 0 saturated heterocycles. The van der Waals surface area contributed by atoms with E-state index in [9.17, 15) is 0 Å². The van der Waals surface area contributed by atoms with Gasteiger partial charge < -0.3 is 5.32 Å². The minimum atomic E-state index is 0.142. The Morgan fingerprint density at radius 1 is 1.20 bits per heavy atom. The number of benzene rings is 2. The first-order chi connectivity index (χ1) is 9.70. The van der Waals surface area contributed by atoms with Crippen molar-refractivity contribution in [1.82, 2.24) is 5.32 Å². The van der Waals surface area contributed by atoms with Crippen LogP contribution in [-0.4, -0.2) is 7.05 Å². The SMILES string of the molecule is CNC(c1ccc(Br)c(Cl)c1)c1cccc2ccsc12. The second-order valence-electron chi connectivity index (χ2n) is 4.58. The Kier molecular flexibility index (Phi) is 4.13. The molecule has 2 aromatic carbocycles. The summed E-state index contributed by atoms with van der Waals surface area (Å²) in [6.07, 6.45) is 0. The van der Waals surface area contributed by atoms with Crippen molar-refractivity contribution in [2.45, 2.75) is 6.04 Å². The van der Waals surface area contributed by atoms with Gasteiger partial charge >= 0.3 is 0 Å². The molecule has 0 fully saturated rings. The highest BCUT2D eigenvalue weighted by atomic mass is 79.9. The maximum absolute atomic E-state index is 6.23. The van der Waals surface area contributed by atoms with Crippen molar-refractivity contribution in [3.05, 3.63) is 68.5 Å². The Hall–Kier alpha value is -0.870. The lowest BCUT2D eigenvalue weighted by molar-refractivity contribution is 0.697. The Balaban J connectivity index is 2.13. The van der Waals surface area contributed by atoms with Crippen LogP contribution in [0.15, 0.2) is 52.3 Å². The van der Waals surface area contributed by atoms with Gasteiger partial charge in [-0.25, -0.2) is 0 Å². The number of hydrogen-bond acceptors (Lipinski definition) is 2. The van der Waals surface area contributed by atoms with E-state index in [0.29, 0.717) is 0 Å². The lowest BCUT2D eigenvalue weighted by Crippen LogP contribution is -2.17. The van der Waals surface area contributed by atoms with E-state index in [4.69, 9.17) is 11.6 Å². The summed E-state index contributed by atoms with van der Waals surface area (Å²) in [5.41, 5.74) is 2.46. The van der Waals surface area contributed by atoms with Gasteiger partial charge in [-0.3, -0.25) is 0 Å². The van der Waals surface area contributed by atoms with E-state index in [-0.39, 0.29) is 6.04 Å². The van der Waals surface area contributed by atoms with Crippen LogP contribution in [0, 0.1) is 0 Å². The average Bonchev–Trinajstić information content (AvgIpc) is 2.93. The summed E-state index contributed by atoms with van der Waals surface area (Å²) < 4.78 is 2.25. The van der Waals surface area contributed by atoms with E-state index in [2.05, 4.69) is 57.0 Å². The summed E-state index contributed by atoms with van der Waals surface area (Å²) in [4.78, 5) is 0. The van der Waals surface area contributed by atoms with Gasteiger partial charge in [0.2, 0.25) is 0 Å². The first kappa shape index (κ1) is 14.1. The van der Waals surface area contributed by atoms with Crippen molar-refractivity contribution in [2.24, 2.45) is 0 Å². The molecule has 1 heterocycles. The standard InChI is InChI=1S/C16H13BrClNS/c1-19-15(11-5-6-13(17)14(18)9-11)12-4-2-3-10-7-8-20-16(10)12/h2-9,15,19H,1H3. The minimum absolute atomic E-state index is 0.142. The number of nitrogens with one attached hydrogen (secondary N) is 1. The van der Waals surface area contributed by atoms with Crippen molar-refractivity contribution in [2.75, 3.05) is 7.05 Å². The minimum Gasteiger partial charge on any atom is -0.309 e. The second-order valence-corrected chi connectivity index (χ2v) is 6.76. The molecule has 0 spiro atoms. The highest BCUT2D eigenvalue weighted by molar-refractivity contribution is 9.10. The van der Waals surface area contributed by atoms with Crippen LogP contribution >= 0.6 is 38.9 Å². The number of thiophene rings is 1. The summed E-state index contributed by atoms with van der Waals surface area (Å²) >= 11 is 11.4. The molecule has 1 N–H and O–H groups in total. The van der Waals surface area contributed by atoms with Crippen LogP contribution in [-0.2, 0) is 0 Å². The van der Waals surface area contributed by atoms with E-state index in [1.54, 1.807) is 11.3 Å². The number of fused-ring (bicyclic) bond motifs is 1. The van der Waals surface area contributed by atoms with Crippen LogP contribution in [0.1, 0.15) is 17.2 Å². The van der Waals surface area contributed by atoms with Crippen molar-refractivity contribution >= 4 is 49.0 Å². The van der Waals surface area contributed by atoms with E-state index >= 15 is 0 Å². The molecule has 1 atom stereocenters. The molecular weight excluding hydrogens is 354 g/mol. The molecule has 4 heteroatoms. The predicted octanol–water partition coefficient (Wildman–Crippen LogP) is 5.63. The van der Waals surface area contributed by atoms with Gasteiger partial charge in [0.25, 0.3) is 0 Å². The summed E-state index contributed by atoms with van der Waals surface area (Å²) in [7, 11) is 1.98. The van der Waals surface area contributed by atoms with Gasteiger partial charge in [0.1, 0.15) is 0 Å². The summed E-state index contributed by atoms with van der Waals surface area (Å²) in [5, 5.41) is 7.56. The molecule has 0 aliphatic rings. The normalized spacial score (nSPS) is 12.8. The van der Waals surface area contributed by atoms with Crippen molar-refractivity contribution in [3.63, 3.8) is 0 Å². The summed E-state index contributed by atoms with van der Waals surface area (Å²) in [5.74, 6) is 0. The molecule has 0 aliphatic heterocycles. The third-order valence-electron chi connectivity index (χ3n) is 3.39. The van der Waals surface area contributed by atoms with Gasteiger partial charge in [-0.1, -0.05) is 35.9 Å². The molecule has 1 aromatic heterocycles. The smallest absolute Gasteiger partial charge is 0.0589 e. The fourth-order valence-electron chi connectivity index (χ4n) is 2.44. The van der Waals surface area contributed by atoms with Crippen molar-refractivity contribution in [1.29, 1.82) is 0 Å². The third kappa shape index (κ3) is 2.51. The largest absolute Gasteiger partial charge is 0.309 e. The second kappa shape index (κ2) is 5.86. The van der Waals surface area contributed by atoms with Gasteiger partial charge in [-0.05, 0) is 63.1 Å². The summed E-state index contributed by atoms with van der Waals surface area (Å²) in [6.45, 7) is 0. The maximum Gasteiger partial charge on any atom is 0.0589 e. The molecular formula is C16H13BrClNS. The first-order valence-electron chi connectivity index (χ1n) is 6.29. The van der Waals surface area contributed by atoms with E-state index in [1.807, 2.05) is 19.2 Å². The van der Waals surface area contributed by atoms with Crippen LogP contribution in [0.2, 0.25) is 5.02 Å². The fraction of sp³-hybridized carbons (Fsp3) is 0.125. The molecule has 0 radical (unpaired) electrons. The Morgan fingerprint density at radius 2 is 2.05 bits per heavy atom. The molecule has 1 nitrogen and oxygen atoms in total. The van der Waals surface area contributed by atoms with Gasteiger partial charge in [-0.15, -0.1) is 11.3 Å². The highest BCUT2D eigenvalue weighted by Crippen LogP contribution is 2.34. The number of halogens is 2. The Labute approximate surface area is 135 Å². The van der Waals surface area contributed by atoms with E-state index in [1.165, 1.54) is 21.2 Å². The molecule has 1 unspecified atom stereocenters. The molecule has 20 heavy (non-hydrogen) atoms. The Bertz CT molecular complexity index is 753. The topological polar surface area (TPSA) is 12.0 Å². The van der Waals surface area contributed by atoms with Crippen LogP contribution < -0.4 is 5.32 Å². The zero-order valence-corrected chi connectivity index (χ0v) is 14.0.